The highest BCUT2D eigenvalue weighted by Gasteiger charge is 2.20. The molecule has 1 amide bonds. The van der Waals surface area contributed by atoms with E-state index in [9.17, 15) is 9.18 Å². The van der Waals surface area contributed by atoms with Crippen molar-refractivity contribution in [3.63, 3.8) is 0 Å². The molecule has 1 aromatic heterocycles. The number of H-pyrrole nitrogens is 1. The highest BCUT2D eigenvalue weighted by atomic mass is 19.1. The van der Waals surface area contributed by atoms with Crippen LogP contribution in [0, 0.1) is 12.7 Å². The highest BCUT2D eigenvalue weighted by molar-refractivity contribution is 5.98. The van der Waals surface area contributed by atoms with Gasteiger partial charge in [0.2, 0.25) is 0 Å². The first-order valence-corrected chi connectivity index (χ1v) is 6.31. The van der Waals surface area contributed by atoms with Crippen molar-refractivity contribution in [2.75, 3.05) is 26.3 Å². The lowest BCUT2D eigenvalue weighted by Crippen LogP contribution is -2.40. The van der Waals surface area contributed by atoms with E-state index in [2.05, 4.69) is 4.98 Å². The Bertz CT molecular complexity index is 630. The van der Waals surface area contributed by atoms with Crippen LogP contribution in [0.2, 0.25) is 0 Å². The lowest BCUT2D eigenvalue weighted by atomic mass is 10.2. The van der Waals surface area contributed by atoms with Gasteiger partial charge in [0.15, 0.2) is 0 Å². The average Bonchev–Trinajstić information content (AvgIpc) is 2.88. The van der Waals surface area contributed by atoms with Crippen molar-refractivity contribution < 1.29 is 13.9 Å². The van der Waals surface area contributed by atoms with Gasteiger partial charge in [-0.25, -0.2) is 4.39 Å². The quantitative estimate of drug-likeness (QED) is 0.855. The fourth-order valence-corrected chi connectivity index (χ4v) is 2.32. The number of aromatic amines is 1. The van der Waals surface area contributed by atoms with Gasteiger partial charge in [0.25, 0.3) is 5.91 Å². The Kier molecular flexibility index (Phi) is 2.98. The molecule has 1 fully saturated rings. The number of rotatable bonds is 1. The van der Waals surface area contributed by atoms with Crippen LogP contribution in [0.25, 0.3) is 10.9 Å². The monoisotopic (exact) mass is 262 g/mol. The number of amides is 1. The molecule has 1 aliphatic rings. The minimum atomic E-state index is -0.293. The van der Waals surface area contributed by atoms with E-state index in [1.165, 1.54) is 0 Å². The summed E-state index contributed by atoms with van der Waals surface area (Å²) in [7, 11) is 0. The molecule has 5 heteroatoms. The molecule has 0 unspecified atom stereocenters. The Balaban J connectivity index is 1.96. The van der Waals surface area contributed by atoms with Gasteiger partial charge in [0.1, 0.15) is 11.5 Å². The summed E-state index contributed by atoms with van der Waals surface area (Å²) in [5.41, 5.74) is 1.40. The number of aryl methyl sites for hydroxylation is 1. The van der Waals surface area contributed by atoms with E-state index in [4.69, 9.17) is 4.74 Å². The number of ether oxygens (including phenoxy) is 1. The van der Waals surface area contributed by atoms with Gasteiger partial charge in [-0.1, -0.05) is 12.1 Å². The van der Waals surface area contributed by atoms with Crippen LogP contribution in [-0.2, 0) is 4.74 Å². The number of nitrogens with zero attached hydrogens (tertiary/aromatic N) is 1. The average molecular weight is 262 g/mol. The molecule has 3 rings (SSSR count). The Labute approximate surface area is 110 Å². The fourth-order valence-electron chi connectivity index (χ4n) is 2.32. The summed E-state index contributed by atoms with van der Waals surface area (Å²) >= 11 is 0. The largest absolute Gasteiger partial charge is 0.378 e. The van der Waals surface area contributed by atoms with Crippen molar-refractivity contribution in [2.24, 2.45) is 0 Å². The van der Waals surface area contributed by atoms with Gasteiger partial charge in [0, 0.05) is 18.5 Å². The van der Waals surface area contributed by atoms with Gasteiger partial charge in [-0.05, 0) is 18.6 Å². The predicted octanol–water partition coefficient (Wildman–Crippen LogP) is 2.09. The van der Waals surface area contributed by atoms with Crippen LogP contribution in [-0.4, -0.2) is 42.1 Å². The van der Waals surface area contributed by atoms with Crippen molar-refractivity contribution in [3.8, 4) is 0 Å². The standard InChI is InChI=1S/C14H15FN2O2/c1-9-2-3-10-8-11(16-13(10)12(9)15)14(18)17-4-6-19-7-5-17/h2-3,8,16H,4-7H2,1H3. The number of hydrogen-bond donors (Lipinski definition) is 1. The maximum Gasteiger partial charge on any atom is 0.270 e. The van der Waals surface area contributed by atoms with E-state index in [0.717, 1.165) is 5.39 Å². The third kappa shape index (κ3) is 2.10. The SMILES string of the molecule is Cc1ccc2cc(C(=O)N3CCOCC3)[nH]c2c1F. The Morgan fingerprint density at radius 1 is 1.37 bits per heavy atom. The molecule has 100 valence electrons. The molecule has 0 spiro atoms. The summed E-state index contributed by atoms with van der Waals surface area (Å²) in [5, 5.41) is 0.722. The zero-order chi connectivity index (χ0) is 13.4. The molecule has 0 aliphatic carbocycles. The summed E-state index contributed by atoms with van der Waals surface area (Å²) < 4.78 is 19.2. The first-order chi connectivity index (χ1) is 9.16. The smallest absolute Gasteiger partial charge is 0.270 e. The van der Waals surface area contributed by atoms with Crippen molar-refractivity contribution in [1.82, 2.24) is 9.88 Å². The van der Waals surface area contributed by atoms with Crippen LogP contribution in [0.1, 0.15) is 16.1 Å². The van der Waals surface area contributed by atoms with Crippen LogP contribution in [0.3, 0.4) is 0 Å². The fraction of sp³-hybridized carbons (Fsp3) is 0.357. The molecule has 1 N–H and O–H groups in total. The number of morpholine rings is 1. The first kappa shape index (κ1) is 12.2. The third-order valence-electron chi connectivity index (χ3n) is 3.46. The molecular weight excluding hydrogens is 247 g/mol. The van der Waals surface area contributed by atoms with Gasteiger partial charge in [-0.15, -0.1) is 0 Å². The molecule has 1 aromatic carbocycles. The minimum Gasteiger partial charge on any atom is -0.378 e. The Hall–Kier alpha value is -1.88. The van der Waals surface area contributed by atoms with Crippen molar-refractivity contribution in [3.05, 3.63) is 35.3 Å². The Morgan fingerprint density at radius 2 is 2.11 bits per heavy atom. The first-order valence-electron chi connectivity index (χ1n) is 6.31. The van der Waals surface area contributed by atoms with Gasteiger partial charge in [-0.2, -0.15) is 0 Å². The highest BCUT2D eigenvalue weighted by Crippen LogP contribution is 2.22. The van der Waals surface area contributed by atoms with Crippen LogP contribution in [0.15, 0.2) is 18.2 Å². The predicted molar refractivity (Wildman–Crippen MR) is 69.7 cm³/mol. The molecule has 2 aromatic rings. The van der Waals surface area contributed by atoms with Gasteiger partial charge >= 0.3 is 0 Å². The van der Waals surface area contributed by atoms with Gasteiger partial charge in [0.05, 0.1) is 18.7 Å². The number of carbonyl (C=O) groups excluding carboxylic acids is 1. The molecule has 2 heterocycles. The van der Waals surface area contributed by atoms with Crippen molar-refractivity contribution in [2.45, 2.75) is 6.92 Å². The number of fused-ring (bicyclic) bond motifs is 1. The van der Waals surface area contributed by atoms with E-state index in [1.54, 1.807) is 24.0 Å². The summed E-state index contributed by atoms with van der Waals surface area (Å²) in [6.07, 6.45) is 0. The van der Waals surface area contributed by atoms with Crippen LogP contribution in [0.4, 0.5) is 4.39 Å². The molecule has 0 atom stereocenters. The maximum absolute atomic E-state index is 13.9. The van der Waals surface area contributed by atoms with Crippen LogP contribution in [0.5, 0.6) is 0 Å². The molecule has 1 aliphatic heterocycles. The zero-order valence-electron chi connectivity index (χ0n) is 10.7. The van der Waals surface area contributed by atoms with Crippen molar-refractivity contribution >= 4 is 16.8 Å². The van der Waals surface area contributed by atoms with Gasteiger partial charge in [-0.3, -0.25) is 4.79 Å². The number of carbonyl (C=O) groups is 1. The second kappa shape index (κ2) is 4.66. The molecule has 19 heavy (non-hydrogen) atoms. The molecule has 0 radical (unpaired) electrons. The minimum absolute atomic E-state index is 0.100. The number of benzene rings is 1. The number of nitrogens with one attached hydrogen (secondary N) is 1. The van der Waals surface area contributed by atoms with E-state index < -0.39 is 0 Å². The van der Waals surface area contributed by atoms with Crippen molar-refractivity contribution in [1.29, 1.82) is 0 Å². The van der Waals surface area contributed by atoms with E-state index in [-0.39, 0.29) is 11.7 Å². The molecule has 0 saturated carbocycles. The van der Waals surface area contributed by atoms with Crippen LogP contribution < -0.4 is 0 Å². The van der Waals surface area contributed by atoms with E-state index in [0.29, 0.717) is 43.1 Å². The van der Waals surface area contributed by atoms with Gasteiger partial charge < -0.3 is 14.6 Å². The molecule has 4 nitrogen and oxygen atoms in total. The second-order valence-electron chi connectivity index (χ2n) is 4.75. The summed E-state index contributed by atoms with van der Waals surface area (Å²) in [6.45, 7) is 3.98. The second-order valence-corrected chi connectivity index (χ2v) is 4.75. The summed E-state index contributed by atoms with van der Waals surface area (Å²) in [6, 6.07) is 5.24. The third-order valence-corrected chi connectivity index (χ3v) is 3.46. The zero-order valence-corrected chi connectivity index (χ0v) is 10.7. The lowest BCUT2D eigenvalue weighted by molar-refractivity contribution is 0.0299. The lowest BCUT2D eigenvalue weighted by Gasteiger charge is -2.26. The van der Waals surface area contributed by atoms with E-state index in [1.807, 2.05) is 6.07 Å². The molecular formula is C14H15FN2O2. The maximum atomic E-state index is 13.9. The summed E-state index contributed by atoms with van der Waals surface area (Å²) in [5.74, 6) is -0.393. The molecule has 0 bridgehead atoms. The van der Waals surface area contributed by atoms with Crippen LogP contribution >= 0.6 is 0 Å². The normalized spacial score (nSPS) is 16.0. The molecule has 1 saturated heterocycles. The number of aromatic nitrogens is 1. The topological polar surface area (TPSA) is 45.3 Å². The Morgan fingerprint density at radius 3 is 2.84 bits per heavy atom. The summed E-state index contributed by atoms with van der Waals surface area (Å²) in [4.78, 5) is 16.9. The number of hydrogen-bond acceptors (Lipinski definition) is 2. The van der Waals surface area contributed by atoms with E-state index >= 15 is 0 Å². The number of halogens is 1.